The summed E-state index contributed by atoms with van der Waals surface area (Å²) >= 11 is 1.46. The van der Waals surface area contributed by atoms with E-state index in [2.05, 4.69) is 0 Å². The van der Waals surface area contributed by atoms with E-state index in [9.17, 15) is 14.4 Å². The second-order valence-corrected chi connectivity index (χ2v) is 7.58. The minimum Gasteiger partial charge on any atom is -0.417 e. The van der Waals surface area contributed by atoms with Crippen molar-refractivity contribution >= 4 is 35.5 Å². The van der Waals surface area contributed by atoms with Crippen LogP contribution >= 0.6 is 11.9 Å². The summed E-state index contributed by atoms with van der Waals surface area (Å²) in [4.78, 5) is 38.3. The fourth-order valence-electron chi connectivity index (χ4n) is 3.31. The number of hydrogen-bond acceptors (Lipinski definition) is 7. The smallest absolute Gasteiger partial charge is 0.360 e. The molecule has 1 amide bonds. The number of ether oxygens (including phenoxy) is 2. The van der Waals surface area contributed by atoms with Crippen molar-refractivity contribution in [3.63, 3.8) is 0 Å². The zero-order chi connectivity index (χ0) is 19.3. The van der Waals surface area contributed by atoms with Crippen LogP contribution in [0.4, 0.5) is 5.69 Å². The van der Waals surface area contributed by atoms with E-state index in [1.807, 2.05) is 34.6 Å². The highest BCUT2D eigenvalue weighted by molar-refractivity contribution is 8.01. The average Bonchev–Trinajstić information content (AvgIpc) is 3.02. The lowest BCUT2D eigenvalue weighted by Gasteiger charge is -2.45. The number of esters is 2. The molecule has 1 saturated heterocycles. The molecule has 3 aliphatic rings. The first-order chi connectivity index (χ1) is 13.6. The van der Waals surface area contributed by atoms with Crippen LogP contribution < -0.4 is 4.31 Å². The lowest BCUT2D eigenvalue weighted by atomic mass is 10.1. The van der Waals surface area contributed by atoms with Gasteiger partial charge in [-0.2, -0.15) is 0 Å². The maximum absolute atomic E-state index is 12.9. The van der Waals surface area contributed by atoms with E-state index < -0.39 is 18.2 Å². The maximum atomic E-state index is 12.9. The van der Waals surface area contributed by atoms with Gasteiger partial charge in [-0.3, -0.25) is 14.0 Å². The Hall–Kier alpha value is -3.26. The van der Waals surface area contributed by atoms with Crippen molar-refractivity contribution in [3.05, 3.63) is 77.6 Å². The first kappa shape index (κ1) is 16.9. The molecule has 0 saturated carbocycles. The first-order valence-electron chi connectivity index (χ1n) is 8.67. The Morgan fingerprint density at radius 1 is 1.07 bits per heavy atom. The number of β-lactam (4-membered cyclic amide) rings is 1. The third-order valence-electron chi connectivity index (χ3n) is 4.72. The first-order valence-corrected chi connectivity index (χ1v) is 9.51. The molecule has 5 rings (SSSR count). The molecule has 0 N–H and O–H groups in total. The number of carbonyl (C=O) groups excluding carboxylic acids is 3. The number of hydrogen-bond donors (Lipinski definition) is 0. The second kappa shape index (κ2) is 6.42. The average molecular weight is 394 g/mol. The third kappa shape index (κ3) is 2.65. The van der Waals surface area contributed by atoms with Crippen molar-refractivity contribution in [2.24, 2.45) is 0 Å². The molecule has 3 aliphatic heterocycles. The molecule has 140 valence electrons. The molecule has 3 heterocycles. The van der Waals surface area contributed by atoms with Crippen LogP contribution in [0.25, 0.3) is 0 Å². The summed E-state index contributed by atoms with van der Waals surface area (Å²) in [6.07, 6.45) is 0.810. The van der Waals surface area contributed by atoms with E-state index in [1.54, 1.807) is 30.5 Å². The van der Waals surface area contributed by atoms with Crippen molar-refractivity contribution in [1.29, 1.82) is 0 Å². The van der Waals surface area contributed by atoms with E-state index in [4.69, 9.17) is 9.47 Å². The molecule has 0 spiro atoms. The highest BCUT2D eigenvalue weighted by atomic mass is 32.2. The van der Waals surface area contributed by atoms with Gasteiger partial charge in [-0.15, -0.1) is 0 Å². The molecule has 1 unspecified atom stereocenters. The number of benzene rings is 2. The zero-order valence-corrected chi connectivity index (χ0v) is 15.3. The summed E-state index contributed by atoms with van der Waals surface area (Å²) in [7, 11) is 0. The van der Waals surface area contributed by atoms with E-state index in [0.29, 0.717) is 17.5 Å². The maximum Gasteiger partial charge on any atom is 0.360 e. The third-order valence-corrected chi connectivity index (χ3v) is 5.89. The Labute approximate surface area is 164 Å². The lowest BCUT2D eigenvalue weighted by Crippen LogP contribution is -2.55. The summed E-state index contributed by atoms with van der Waals surface area (Å²) in [5.41, 5.74) is 1.88. The number of carbonyl (C=O) groups is 3. The van der Waals surface area contributed by atoms with E-state index in [0.717, 1.165) is 5.69 Å². The molecule has 0 radical (unpaired) electrons. The summed E-state index contributed by atoms with van der Waals surface area (Å²) in [5.74, 6) is -1.39. The largest absolute Gasteiger partial charge is 0.417 e. The molecular weight excluding hydrogens is 380 g/mol. The standard InChI is InChI=1S/C20H14N2O5S/c23-16-10-17-22(16)15(11-21(28-17)12-6-2-1-3-7-12)19(25)27-20-14-9-5-4-8-13(14)18(24)26-20/h1-9,11,17,20H,10H2/t17-,20?/m1/s1. The predicted octanol–water partition coefficient (Wildman–Crippen LogP) is 2.97. The van der Waals surface area contributed by atoms with Gasteiger partial charge in [-0.25, -0.2) is 9.59 Å². The highest BCUT2D eigenvalue weighted by Crippen LogP contribution is 2.43. The normalized spacial score (nSPS) is 22.6. The molecular formula is C20H14N2O5S. The van der Waals surface area contributed by atoms with Crippen LogP contribution in [-0.4, -0.2) is 28.1 Å². The molecule has 2 atom stereocenters. The lowest BCUT2D eigenvalue weighted by molar-refractivity contribution is -0.167. The molecule has 2 aromatic rings. The monoisotopic (exact) mass is 394 g/mol. The Kier molecular flexibility index (Phi) is 3.87. The van der Waals surface area contributed by atoms with Crippen molar-refractivity contribution in [1.82, 2.24) is 4.90 Å². The van der Waals surface area contributed by atoms with Gasteiger partial charge in [0.25, 0.3) is 6.29 Å². The molecule has 7 nitrogen and oxygen atoms in total. The van der Waals surface area contributed by atoms with Gasteiger partial charge in [0, 0.05) is 11.8 Å². The number of para-hydroxylation sites is 1. The molecule has 2 aromatic carbocycles. The predicted molar refractivity (Wildman–Crippen MR) is 101 cm³/mol. The minimum atomic E-state index is -1.12. The second-order valence-electron chi connectivity index (χ2n) is 6.43. The number of anilines is 1. The Balaban J connectivity index is 1.43. The molecule has 8 heteroatoms. The van der Waals surface area contributed by atoms with Crippen LogP contribution in [0.3, 0.4) is 0 Å². The van der Waals surface area contributed by atoms with Crippen molar-refractivity contribution in [2.75, 3.05) is 4.31 Å². The van der Waals surface area contributed by atoms with Crippen LogP contribution in [0.15, 0.2) is 66.5 Å². The van der Waals surface area contributed by atoms with Gasteiger partial charge in [-0.05, 0) is 30.1 Å². The van der Waals surface area contributed by atoms with Gasteiger partial charge in [-0.1, -0.05) is 36.4 Å². The Morgan fingerprint density at radius 3 is 2.61 bits per heavy atom. The summed E-state index contributed by atoms with van der Waals surface area (Å²) in [6, 6.07) is 16.3. The summed E-state index contributed by atoms with van der Waals surface area (Å²) in [6.45, 7) is 0. The SMILES string of the molecule is O=C(OC1OC(=O)c2ccccc21)C1=CN(c2ccccc2)S[C@@H]2CC(=O)N12. The molecule has 0 bridgehead atoms. The van der Waals surface area contributed by atoms with Crippen LogP contribution in [0.2, 0.25) is 0 Å². The molecule has 0 aliphatic carbocycles. The zero-order valence-electron chi connectivity index (χ0n) is 14.5. The number of rotatable bonds is 3. The van der Waals surface area contributed by atoms with Gasteiger partial charge in [0.1, 0.15) is 11.1 Å². The van der Waals surface area contributed by atoms with Gasteiger partial charge in [0.2, 0.25) is 5.91 Å². The van der Waals surface area contributed by atoms with Gasteiger partial charge < -0.3 is 9.47 Å². The Morgan fingerprint density at radius 2 is 1.82 bits per heavy atom. The van der Waals surface area contributed by atoms with Crippen LogP contribution in [0.1, 0.15) is 28.6 Å². The molecule has 1 fully saturated rings. The van der Waals surface area contributed by atoms with Crippen LogP contribution in [0.5, 0.6) is 0 Å². The van der Waals surface area contributed by atoms with Crippen molar-refractivity contribution in [3.8, 4) is 0 Å². The number of amides is 1. The van der Waals surface area contributed by atoms with Crippen molar-refractivity contribution in [2.45, 2.75) is 18.1 Å². The number of cyclic esters (lactones) is 1. The Bertz CT molecular complexity index is 1020. The van der Waals surface area contributed by atoms with Crippen LogP contribution in [-0.2, 0) is 19.1 Å². The molecule has 0 aromatic heterocycles. The van der Waals surface area contributed by atoms with Gasteiger partial charge >= 0.3 is 11.9 Å². The van der Waals surface area contributed by atoms with E-state index >= 15 is 0 Å². The molecule has 28 heavy (non-hydrogen) atoms. The van der Waals surface area contributed by atoms with Gasteiger partial charge in [0.15, 0.2) is 0 Å². The van der Waals surface area contributed by atoms with E-state index in [-0.39, 0.29) is 17.0 Å². The van der Waals surface area contributed by atoms with Gasteiger partial charge in [0.05, 0.1) is 17.7 Å². The minimum absolute atomic E-state index is 0.129. The summed E-state index contributed by atoms with van der Waals surface area (Å²) in [5, 5.41) is -0.168. The quantitative estimate of drug-likeness (QED) is 0.450. The van der Waals surface area contributed by atoms with E-state index in [1.165, 1.54) is 16.8 Å². The summed E-state index contributed by atoms with van der Waals surface area (Å²) < 4.78 is 12.5. The number of nitrogens with zero attached hydrogens (tertiary/aromatic N) is 2. The number of fused-ring (bicyclic) bond motifs is 2. The van der Waals surface area contributed by atoms with Crippen molar-refractivity contribution < 1.29 is 23.9 Å². The highest BCUT2D eigenvalue weighted by Gasteiger charge is 2.47. The van der Waals surface area contributed by atoms with Crippen LogP contribution in [0, 0.1) is 0 Å². The fraction of sp³-hybridized carbons (Fsp3) is 0.150. The fourth-order valence-corrected chi connectivity index (χ4v) is 4.52. The topological polar surface area (TPSA) is 76.1 Å².